The standard InChI is InChI=1S/C16H16ClN3O3/c1-23-14-8-4-5-11(16(14)22)9-19-20-15(21)10-18-13-7-3-2-6-12(13)17/h2-9,18,22H,10H2,1H3,(H,20,21)/b19-9+. The molecule has 7 heteroatoms. The van der Waals surface area contributed by atoms with Crippen LogP contribution in [0.2, 0.25) is 5.02 Å². The minimum absolute atomic E-state index is 0.0190. The van der Waals surface area contributed by atoms with E-state index in [2.05, 4.69) is 15.8 Å². The molecule has 0 unspecified atom stereocenters. The van der Waals surface area contributed by atoms with Gasteiger partial charge in [0.1, 0.15) is 0 Å². The molecule has 3 N–H and O–H groups in total. The number of carbonyl (C=O) groups is 1. The van der Waals surface area contributed by atoms with E-state index < -0.39 is 0 Å². The van der Waals surface area contributed by atoms with E-state index in [1.807, 2.05) is 6.07 Å². The molecule has 2 rings (SSSR count). The number of aromatic hydroxyl groups is 1. The second-order valence-corrected chi connectivity index (χ2v) is 4.93. The molecule has 0 heterocycles. The SMILES string of the molecule is COc1cccc(/C=N/NC(=O)CNc2ccccc2Cl)c1O. The molecule has 0 fully saturated rings. The van der Waals surface area contributed by atoms with Crippen molar-refractivity contribution in [1.82, 2.24) is 5.43 Å². The number of phenolic OH excluding ortho intramolecular Hbond substituents is 1. The zero-order valence-electron chi connectivity index (χ0n) is 12.4. The van der Waals surface area contributed by atoms with Crippen molar-refractivity contribution in [2.75, 3.05) is 19.0 Å². The van der Waals surface area contributed by atoms with Gasteiger partial charge in [-0.2, -0.15) is 5.10 Å². The Balaban J connectivity index is 1.88. The van der Waals surface area contributed by atoms with Crippen LogP contribution in [0.3, 0.4) is 0 Å². The molecular formula is C16H16ClN3O3. The van der Waals surface area contributed by atoms with Gasteiger partial charge in [0, 0.05) is 5.56 Å². The average molecular weight is 334 g/mol. The van der Waals surface area contributed by atoms with E-state index in [0.29, 0.717) is 22.0 Å². The Labute approximate surface area is 138 Å². The number of nitrogens with one attached hydrogen (secondary N) is 2. The van der Waals surface area contributed by atoms with Crippen molar-refractivity contribution < 1.29 is 14.6 Å². The number of rotatable bonds is 6. The van der Waals surface area contributed by atoms with Gasteiger partial charge in [-0.3, -0.25) is 4.79 Å². The molecule has 0 bridgehead atoms. The highest BCUT2D eigenvalue weighted by molar-refractivity contribution is 6.33. The highest BCUT2D eigenvalue weighted by atomic mass is 35.5. The summed E-state index contributed by atoms with van der Waals surface area (Å²) >= 11 is 5.97. The minimum Gasteiger partial charge on any atom is -0.504 e. The quantitative estimate of drug-likeness (QED) is 0.560. The van der Waals surface area contributed by atoms with Crippen LogP contribution in [0.15, 0.2) is 47.6 Å². The Bertz CT molecular complexity index is 719. The molecule has 0 atom stereocenters. The maximum Gasteiger partial charge on any atom is 0.259 e. The monoisotopic (exact) mass is 333 g/mol. The van der Waals surface area contributed by atoms with Gasteiger partial charge in [0.2, 0.25) is 0 Å². The summed E-state index contributed by atoms with van der Waals surface area (Å²) < 4.78 is 4.99. The summed E-state index contributed by atoms with van der Waals surface area (Å²) in [6, 6.07) is 12.1. The number of hydrazone groups is 1. The van der Waals surface area contributed by atoms with Gasteiger partial charge < -0.3 is 15.2 Å². The van der Waals surface area contributed by atoms with E-state index in [4.69, 9.17) is 16.3 Å². The van der Waals surface area contributed by atoms with Crippen molar-refractivity contribution in [1.29, 1.82) is 0 Å². The van der Waals surface area contributed by atoms with E-state index in [1.54, 1.807) is 36.4 Å². The lowest BCUT2D eigenvalue weighted by Crippen LogP contribution is -2.25. The fourth-order valence-electron chi connectivity index (χ4n) is 1.80. The first kappa shape index (κ1) is 16.6. The number of para-hydroxylation sites is 2. The van der Waals surface area contributed by atoms with E-state index in [-0.39, 0.29) is 18.2 Å². The summed E-state index contributed by atoms with van der Waals surface area (Å²) in [7, 11) is 1.46. The maximum absolute atomic E-state index is 11.7. The van der Waals surface area contributed by atoms with Crippen LogP contribution in [0.4, 0.5) is 5.69 Å². The first-order valence-electron chi connectivity index (χ1n) is 6.78. The Morgan fingerprint density at radius 3 is 2.83 bits per heavy atom. The number of halogens is 1. The molecule has 0 aliphatic heterocycles. The summed E-state index contributed by atoms with van der Waals surface area (Å²) in [5.74, 6) is -0.0496. The molecule has 23 heavy (non-hydrogen) atoms. The second-order valence-electron chi connectivity index (χ2n) is 4.52. The molecular weight excluding hydrogens is 318 g/mol. The smallest absolute Gasteiger partial charge is 0.259 e. The van der Waals surface area contributed by atoms with Crippen molar-refractivity contribution in [2.24, 2.45) is 5.10 Å². The number of methoxy groups -OCH3 is 1. The van der Waals surface area contributed by atoms with Crippen LogP contribution in [0.1, 0.15) is 5.56 Å². The predicted molar refractivity (Wildman–Crippen MR) is 90.3 cm³/mol. The highest BCUT2D eigenvalue weighted by Gasteiger charge is 2.05. The normalized spacial score (nSPS) is 10.5. The third-order valence-electron chi connectivity index (χ3n) is 2.96. The predicted octanol–water partition coefficient (Wildman–Crippen LogP) is 2.62. The zero-order chi connectivity index (χ0) is 16.7. The fourth-order valence-corrected chi connectivity index (χ4v) is 2.00. The molecule has 120 valence electrons. The molecule has 0 aromatic heterocycles. The minimum atomic E-state index is -0.344. The molecule has 1 amide bonds. The number of hydrogen-bond acceptors (Lipinski definition) is 5. The molecule has 2 aromatic carbocycles. The van der Waals surface area contributed by atoms with Crippen molar-refractivity contribution in [3.05, 3.63) is 53.1 Å². The highest BCUT2D eigenvalue weighted by Crippen LogP contribution is 2.27. The zero-order valence-corrected chi connectivity index (χ0v) is 13.2. The van der Waals surface area contributed by atoms with Gasteiger partial charge in [0.05, 0.1) is 30.6 Å². The molecule has 6 nitrogen and oxygen atoms in total. The molecule has 0 saturated heterocycles. The number of hydrogen-bond donors (Lipinski definition) is 3. The number of nitrogens with zero attached hydrogens (tertiary/aromatic N) is 1. The van der Waals surface area contributed by atoms with Crippen LogP contribution < -0.4 is 15.5 Å². The van der Waals surface area contributed by atoms with Crippen molar-refractivity contribution >= 4 is 29.4 Å². The third-order valence-corrected chi connectivity index (χ3v) is 3.29. The van der Waals surface area contributed by atoms with Gasteiger partial charge in [-0.15, -0.1) is 0 Å². The van der Waals surface area contributed by atoms with Crippen LogP contribution in [-0.4, -0.2) is 30.9 Å². The Kier molecular flexibility index (Phi) is 5.82. The molecule has 0 radical (unpaired) electrons. The summed E-state index contributed by atoms with van der Waals surface area (Å²) in [5, 5.41) is 17.1. The number of ether oxygens (including phenoxy) is 1. The van der Waals surface area contributed by atoms with Crippen LogP contribution >= 0.6 is 11.6 Å². The van der Waals surface area contributed by atoms with Gasteiger partial charge in [0.25, 0.3) is 5.91 Å². The Morgan fingerprint density at radius 2 is 2.09 bits per heavy atom. The number of phenols is 1. The molecule has 0 saturated carbocycles. The largest absolute Gasteiger partial charge is 0.504 e. The third kappa shape index (κ3) is 4.62. The number of benzene rings is 2. The first-order valence-corrected chi connectivity index (χ1v) is 7.16. The van der Waals surface area contributed by atoms with Crippen LogP contribution in [-0.2, 0) is 4.79 Å². The lowest BCUT2D eigenvalue weighted by molar-refractivity contribution is -0.119. The number of anilines is 1. The Morgan fingerprint density at radius 1 is 1.30 bits per heavy atom. The molecule has 0 aliphatic rings. The van der Waals surface area contributed by atoms with Gasteiger partial charge in [-0.1, -0.05) is 29.8 Å². The van der Waals surface area contributed by atoms with E-state index >= 15 is 0 Å². The van der Waals surface area contributed by atoms with Gasteiger partial charge in [-0.05, 0) is 24.3 Å². The summed E-state index contributed by atoms with van der Waals surface area (Å²) in [6.45, 7) is 0.0190. The first-order chi connectivity index (χ1) is 11.1. The van der Waals surface area contributed by atoms with E-state index in [1.165, 1.54) is 13.3 Å². The van der Waals surface area contributed by atoms with Crippen LogP contribution in [0.25, 0.3) is 0 Å². The number of amides is 1. The van der Waals surface area contributed by atoms with Crippen molar-refractivity contribution in [2.45, 2.75) is 0 Å². The van der Waals surface area contributed by atoms with Crippen LogP contribution in [0, 0.1) is 0 Å². The van der Waals surface area contributed by atoms with Gasteiger partial charge in [-0.25, -0.2) is 5.43 Å². The second kappa shape index (κ2) is 8.05. The summed E-state index contributed by atoms with van der Waals surface area (Å²) in [6.07, 6.45) is 1.34. The average Bonchev–Trinajstić information content (AvgIpc) is 2.55. The molecule has 0 spiro atoms. The van der Waals surface area contributed by atoms with Crippen molar-refractivity contribution in [3.8, 4) is 11.5 Å². The van der Waals surface area contributed by atoms with Crippen molar-refractivity contribution in [3.63, 3.8) is 0 Å². The number of carbonyl (C=O) groups excluding carboxylic acids is 1. The Hall–Kier alpha value is -2.73. The lowest BCUT2D eigenvalue weighted by atomic mass is 10.2. The van der Waals surface area contributed by atoms with Gasteiger partial charge >= 0.3 is 0 Å². The van der Waals surface area contributed by atoms with E-state index in [0.717, 1.165) is 0 Å². The maximum atomic E-state index is 11.7. The van der Waals surface area contributed by atoms with Crippen LogP contribution in [0.5, 0.6) is 11.5 Å². The molecule has 2 aromatic rings. The van der Waals surface area contributed by atoms with Gasteiger partial charge in [0.15, 0.2) is 11.5 Å². The summed E-state index contributed by atoms with van der Waals surface area (Å²) in [4.78, 5) is 11.7. The fraction of sp³-hybridized carbons (Fsp3) is 0.125. The topological polar surface area (TPSA) is 83.0 Å². The molecule has 0 aliphatic carbocycles. The lowest BCUT2D eigenvalue weighted by Gasteiger charge is -2.07. The van der Waals surface area contributed by atoms with E-state index in [9.17, 15) is 9.90 Å². The summed E-state index contributed by atoms with van der Waals surface area (Å²) in [5.41, 5.74) is 3.46.